The van der Waals surface area contributed by atoms with Gasteiger partial charge in [-0.1, -0.05) is 30.3 Å². The van der Waals surface area contributed by atoms with Gasteiger partial charge in [-0.25, -0.2) is 0 Å². The quantitative estimate of drug-likeness (QED) is 0.805. The molecule has 3 atom stereocenters. The van der Waals surface area contributed by atoms with Crippen LogP contribution in [0.1, 0.15) is 37.7 Å². The molecule has 4 rings (SSSR count). The average Bonchev–Trinajstić information content (AvgIpc) is 3.32. The van der Waals surface area contributed by atoms with E-state index < -0.39 is 0 Å². The first-order chi connectivity index (χ1) is 11.8. The molecule has 2 saturated heterocycles. The van der Waals surface area contributed by atoms with Gasteiger partial charge in [0.25, 0.3) is 0 Å². The van der Waals surface area contributed by atoms with Gasteiger partial charge < -0.3 is 14.4 Å². The smallest absolute Gasteiger partial charge is 0.227 e. The van der Waals surface area contributed by atoms with Crippen LogP contribution in [0.3, 0.4) is 0 Å². The molecule has 1 aliphatic carbocycles. The number of benzene rings is 1. The van der Waals surface area contributed by atoms with Crippen molar-refractivity contribution in [2.45, 2.75) is 56.8 Å². The van der Waals surface area contributed by atoms with E-state index in [1.807, 2.05) is 30.3 Å². The molecule has 0 bridgehead atoms. The van der Waals surface area contributed by atoms with Gasteiger partial charge in [-0.2, -0.15) is 0 Å². The van der Waals surface area contributed by atoms with Crippen molar-refractivity contribution in [2.24, 2.45) is 5.92 Å². The molecule has 1 aromatic carbocycles. The van der Waals surface area contributed by atoms with Crippen LogP contribution in [0.5, 0.6) is 0 Å². The van der Waals surface area contributed by atoms with Gasteiger partial charge in [0, 0.05) is 13.2 Å². The Balaban J connectivity index is 1.27. The summed E-state index contributed by atoms with van der Waals surface area (Å²) in [5, 5.41) is 0. The minimum absolute atomic E-state index is 0.202. The van der Waals surface area contributed by atoms with Crippen molar-refractivity contribution in [3.05, 3.63) is 35.9 Å². The standard InChI is InChI=1S/C20H27NO3/c22-20(12-15-4-2-1-3-5-15)21-11-10-19-18(21)9-8-17(24-19)14-23-13-16-6-7-16/h1-5,16-19H,6-14H2/t17-,18+,19+/m1/s1. The van der Waals surface area contributed by atoms with Gasteiger partial charge in [-0.3, -0.25) is 4.79 Å². The van der Waals surface area contributed by atoms with Crippen molar-refractivity contribution in [2.75, 3.05) is 19.8 Å². The van der Waals surface area contributed by atoms with Crippen LogP contribution in [0.15, 0.2) is 30.3 Å². The fourth-order valence-electron chi connectivity index (χ4n) is 3.95. The third-order valence-corrected chi connectivity index (χ3v) is 5.51. The maximum atomic E-state index is 12.7. The lowest BCUT2D eigenvalue weighted by atomic mass is 9.99. The SMILES string of the molecule is O=C(Cc1ccccc1)N1CC[C@@H]2O[C@@H](COCC3CC3)CC[C@@H]21. The first-order valence-corrected chi connectivity index (χ1v) is 9.36. The second-order valence-electron chi connectivity index (χ2n) is 7.46. The lowest BCUT2D eigenvalue weighted by Crippen LogP contribution is -2.46. The Hall–Kier alpha value is -1.39. The molecule has 4 nitrogen and oxygen atoms in total. The molecule has 2 heterocycles. The molecule has 2 aliphatic heterocycles. The molecule has 0 unspecified atom stereocenters. The molecular formula is C20H27NO3. The normalized spacial score (nSPS) is 29.5. The molecule has 0 N–H and O–H groups in total. The van der Waals surface area contributed by atoms with E-state index in [1.54, 1.807) is 0 Å². The Morgan fingerprint density at radius 3 is 2.71 bits per heavy atom. The first kappa shape index (κ1) is 16.1. The van der Waals surface area contributed by atoms with Crippen LogP contribution in [-0.4, -0.2) is 48.8 Å². The number of rotatable bonds is 6. The Morgan fingerprint density at radius 1 is 1.08 bits per heavy atom. The lowest BCUT2D eigenvalue weighted by Gasteiger charge is -2.36. The predicted octanol–water partition coefficient (Wildman–Crippen LogP) is 2.80. The van der Waals surface area contributed by atoms with Gasteiger partial charge in [-0.15, -0.1) is 0 Å². The second kappa shape index (κ2) is 7.24. The molecule has 0 radical (unpaired) electrons. The molecule has 4 heteroatoms. The van der Waals surface area contributed by atoms with E-state index in [1.165, 1.54) is 12.8 Å². The maximum absolute atomic E-state index is 12.7. The van der Waals surface area contributed by atoms with Gasteiger partial charge in [0.2, 0.25) is 5.91 Å². The highest BCUT2D eigenvalue weighted by atomic mass is 16.5. The summed E-state index contributed by atoms with van der Waals surface area (Å²) >= 11 is 0. The third-order valence-electron chi connectivity index (χ3n) is 5.51. The van der Waals surface area contributed by atoms with Gasteiger partial charge in [0.05, 0.1) is 31.3 Å². The van der Waals surface area contributed by atoms with Crippen molar-refractivity contribution in [3.8, 4) is 0 Å². The van der Waals surface area contributed by atoms with Crippen molar-refractivity contribution in [1.82, 2.24) is 4.90 Å². The number of carbonyl (C=O) groups excluding carboxylic acids is 1. The highest BCUT2D eigenvalue weighted by molar-refractivity contribution is 5.79. The van der Waals surface area contributed by atoms with Crippen molar-refractivity contribution in [3.63, 3.8) is 0 Å². The van der Waals surface area contributed by atoms with E-state index in [0.29, 0.717) is 6.42 Å². The van der Waals surface area contributed by atoms with Crippen LogP contribution in [-0.2, 0) is 20.7 Å². The van der Waals surface area contributed by atoms with E-state index in [0.717, 1.165) is 50.5 Å². The number of carbonyl (C=O) groups is 1. The van der Waals surface area contributed by atoms with E-state index in [-0.39, 0.29) is 24.2 Å². The largest absolute Gasteiger partial charge is 0.378 e. The van der Waals surface area contributed by atoms with E-state index in [2.05, 4.69) is 4.90 Å². The van der Waals surface area contributed by atoms with Gasteiger partial charge in [0.15, 0.2) is 0 Å². The van der Waals surface area contributed by atoms with Crippen LogP contribution >= 0.6 is 0 Å². The highest BCUT2D eigenvalue weighted by Gasteiger charge is 2.41. The Morgan fingerprint density at radius 2 is 1.92 bits per heavy atom. The summed E-state index contributed by atoms with van der Waals surface area (Å²) < 4.78 is 12.0. The van der Waals surface area contributed by atoms with Crippen LogP contribution < -0.4 is 0 Å². The molecule has 130 valence electrons. The van der Waals surface area contributed by atoms with Crippen LogP contribution in [0.4, 0.5) is 0 Å². The zero-order chi connectivity index (χ0) is 16.4. The molecule has 3 fully saturated rings. The summed E-state index contributed by atoms with van der Waals surface area (Å²) in [6.07, 6.45) is 6.58. The predicted molar refractivity (Wildman–Crippen MR) is 91.7 cm³/mol. The highest BCUT2D eigenvalue weighted by Crippen LogP contribution is 2.33. The number of nitrogens with zero attached hydrogens (tertiary/aromatic N) is 1. The van der Waals surface area contributed by atoms with Crippen molar-refractivity contribution in [1.29, 1.82) is 0 Å². The van der Waals surface area contributed by atoms with Crippen LogP contribution in [0, 0.1) is 5.92 Å². The summed E-state index contributed by atoms with van der Waals surface area (Å²) in [4.78, 5) is 14.7. The van der Waals surface area contributed by atoms with Crippen molar-refractivity contribution >= 4 is 5.91 Å². The van der Waals surface area contributed by atoms with Crippen LogP contribution in [0.2, 0.25) is 0 Å². The third kappa shape index (κ3) is 3.81. The molecule has 1 aromatic rings. The fourth-order valence-corrected chi connectivity index (χ4v) is 3.95. The second-order valence-corrected chi connectivity index (χ2v) is 7.46. The maximum Gasteiger partial charge on any atom is 0.227 e. The molecular weight excluding hydrogens is 302 g/mol. The minimum atomic E-state index is 0.202. The Bertz CT molecular complexity index is 557. The molecule has 1 saturated carbocycles. The number of ether oxygens (including phenoxy) is 2. The molecule has 0 spiro atoms. The molecule has 24 heavy (non-hydrogen) atoms. The van der Waals surface area contributed by atoms with Crippen LogP contribution in [0.25, 0.3) is 0 Å². The van der Waals surface area contributed by atoms with Gasteiger partial charge in [-0.05, 0) is 43.6 Å². The van der Waals surface area contributed by atoms with Gasteiger partial charge >= 0.3 is 0 Å². The van der Waals surface area contributed by atoms with E-state index in [4.69, 9.17) is 9.47 Å². The minimum Gasteiger partial charge on any atom is -0.378 e. The monoisotopic (exact) mass is 329 g/mol. The number of likely N-dealkylation sites (tertiary alicyclic amines) is 1. The van der Waals surface area contributed by atoms with Crippen molar-refractivity contribution < 1.29 is 14.3 Å². The number of fused-ring (bicyclic) bond motifs is 1. The zero-order valence-corrected chi connectivity index (χ0v) is 14.2. The first-order valence-electron chi connectivity index (χ1n) is 9.36. The number of amides is 1. The Kier molecular flexibility index (Phi) is 4.86. The fraction of sp³-hybridized carbons (Fsp3) is 0.650. The summed E-state index contributed by atoms with van der Waals surface area (Å²) in [6.45, 7) is 2.45. The zero-order valence-electron chi connectivity index (χ0n) is 14.2. The summed E-state index contributed by atoms with van der Waals surface area (Å²) in [5.41, 5.74) is 1.09. The lowest BCUT2D eigenvalue weighted by molar-refractivity contribution is -0.138. The van der Waals surface area contributed by atoms with E-state index >= 15 is 0 Å². The summed E-state index contributed by atoms with van der Waals surface area (Å²) in [6, 6.07) is 10.3. The number of hydrogen-bond acceptors (Lipinski definition) is 3. The average molecular weight is 329 g/mol. The van der Waals surface area contributed by atoms with Gasteiger partial charge in [0.1, 0.15) is 0 Å². The molecule has 1 amide bonds. The number of hydrogen-bond donors (Lipinski definition) is 0. The van der Waals surface area contributed by atoms with E-state index in [9.17, 15) is 4.79 Å². The Labute approximate surface area is 144 Å². The summed E-state index contributed by atoms with van der Waals surface area (Å²) in [5.74, 6) is 1.04. The topological polar surface area (TPSA) is 38.8 Å². The molecule has 3 aliphatic rings. The molecule has 0 aromatic heterocycles. The summed E-state index contributed by atoms with van der Waals surface area (Å²) in [7, 11) is 0.